The van der Waals surface area contributed by atoms with E-state index in [4.69, 9.17) is 0 Å². The minimum atomic E-state index is 0.317. The quantitative estimate of drug-likeness (QED) is 0.729. The Morgan fingerprint density at radius 3 is 2.39 bits per heavy atom. The summed E-state index contributed by atoms with van der Waals surface area (Å²) >= 11 is 0. The Labute approximate surface area is 114 Å². The highest BCUT2D eigenvalue weighted by molar-refractivity contribution is 5.07. The van der Waals surface area contributed by atoms with Gasteiger partial charge in [-0.2, -0.15) is 0 Å². The molecular formula is C16H30N2. The topological polar surface area (TPSA) is 15.3 Å². The predicted octanol–water partition coefficient (Wildman–Crippen LogP) is 3.03. The van der Waals surface area contributed by atoms with Gasteiger partial charge in [0.25, 0.3) is 0 Å². The van der Waals surface area contributed by atoms with Crippen molar-refractivity contribution >= 4 is 0 Å². The smallest absolute Gasteiger partial charge is 0.0365 e. The second kappa shape index (κ2) is 7.81. The minimum absolute atomic E-state index is 0.317. The summed E-state index contributed by atoms with van der Waals surface area (Å²) in [5, 5.41) is 3.75. The maximum absolute atomic E-state index is 3.75. The average molecular weight is 250 g/mol. The van der Waals surface area contributed by atoms with Crippen molar-refractivity contribution in [3.8, 4) is 11.8 Å². The van der Waals surface area contributed by atoms with Crippen molar-refractivity contribution in [1.82, 2.24) is 10.2 Å². The summed E-state index contributed by atoms with van der Waals surface area (Å²) in [5.74, 6) is 6.36. The monoisotopic (exact) mass is 250 g/mol. The third kappa shape index (κ3) is 3.73. The molecule has 1 saturated carbocycles. The van der Waals surface area contributed by atoms with Crippen LogP contribution in [0.4, 0.5) is 0 Å². The number of likely N-dealkylation sites (N-methyl/N-ethyl adjacent to an activating group) is 1. The molecule has 0 bridgehead atoms. The zero-order valence-electron chi connectivity index (χ0n) is 12.7. The first-order valence-corrected chi connectivity index (χ1v) is 7.47. The molecule has 0 radical (unpaired) electrons. The van der Waals surface area contributed by atoms with E-state index in [9.17, 15) is 0 Å². The fourth-order valence-electron chi connectivity index (χ4n) is 3.25. The molecule has 1 unspecified atom stereocenters. The van der Waals surface area contributed by atoms with E-state index in [0.717, 1.165) is 13.0 Å². The van der Waals surface area contributed by atoms with Gasteiger partial charge in [0.1, 0.15) is 0 Å². The molecule has 1 aliphatic rings. The van der Waals surface area contributed by atoms with E-state index in [1.807, 2.05) is 6.92 Å². The van der Waals surface area contributed by atoms with E-state index < -0.39 is 0 Å². The number of rotatable bonds is 6. The zero-order chi connectivity index (χ0) is 13.4. The second-order valence-electron chi connectivity index (χ2n) is 5.70. The fourth-order valence-corrected chi connectivity index (χ4v) is 3.25. The summed E-state index contributed by atoms with van der Waals surface area (Å²) in [6, 6.07) is 0.514. The Morgan fingerprint density at radius 1 is 1.22 bits per heavy atom. The number of nitrogens with one attached hydrogen (secondary N) is 1. The Balaban J connectivity index is 2.83. The summed E-state index contributed by atoms with van der Waals surface area (Å²) in [6.45, 7) is 5.28. The SMILES string of the molecule is CC#CCC(NCCC)C1(N(C)C)CCCCC1. The molecule has 1 rings (SSSR count). The van der Waals surface area contributed by atoms with Gasteiger partial charge in [0, 0.05) is 18.0 Å². The van der Waals surface area contributed by atoms with Gasteiger partial charge in [0.2, 0.25) is 0 Å². The first-order chi connectivity index (χ1) is 8.67. The van der Waals surface area contributed by atoms with Crippen molar-refractivity contribution in [3.63, 3.8) is 0 Å². The lowest BCUT2D eigenvalue weighted by molar-refractivity contribution is 0.0587. The van der Waals surface area contributed by atoms with E-state index in [2.05, 4.69) is 43.1 Å². The van der Waals surface area contributed by atoms with Crippen LogP contribution >= 0.6 is 0 Å². The molecule has 1 aliphatic carbocycles. The Hall–Kier alpha value is -0.520. The molecule has 2 nitrogen and oxygen atoms in total. The lowest BCUT2D eigenvalue weighted by atomic mass is 9.74. The maximum atomic E-state index is 3.75. The van der Waals surface area contributed by atoms with Crippen LogP contribution < -0.4 is 5.32 Å². The lowest BCUT2D eigenvalue weighted by Gasteiger charge is -2.48. The molecule has 0 aromatic rings. The van der Waals surface area contributed by atoms with Crippen molar-refractivity contribution in [2.24, 2.45) is 0 Å². The molecule has 0 aliphatic heterocycles. The van der Waals surface area contributed by atoms with Crippen LogP contribution in [0.25, 0.3) is 0 Å². The number of nitrogens with zero attached hydrogens (tertiary/aromatic N) is 1. The van der Waals surface area contributed by atoms with Crippen LogP contribution in [0, 0.1) is 11.8 Å². The molecule has 1 fully saturated rings. The zero-order valence-corrected chi connectivity index (χ0v) is 12.7. The maximum Gasteiger partial charge on any atom is 0.0365 e. The van der Waals surface area contributed by atoms with Crippen LogP contribution in [0.15, 0.2) is 0 Å². The predicted molar refractivity (Wildman–Crippen MR) is 79.7 cm³/mol. The molecule has 2 heteroatoms. The summed E-state index contributed by atoms with van der Waals surface area (Å²) in [5.41, 5.74) is 0.317. The molecule has 0 aromatic heterocycles. The Bertz CT molecular complexity index is 279. The van der Waals surface area contributed by atoms with Crippen LogP contribution in [0.2, 0.25) is 0 Å². The molecule has 18 heavy (non-hydrogen) atoms. The van der Waals surface area contributed by atoms with Crippen LogP contribution in [-0.2, 0) is 0 Å². The van der Waals surface area contributed by atoms with Crippen LogP contribution in [-0.4, -0.2) is 37.1 Å². The first-order valence-electron chi connectivity index (χ1n) is 7.47. The van der Waals surface area contributed by atoms with Crippen LogP contribution in [0.1, 0.15) is 58.8 Å². The summed E-state index contributed by atoms with van der Waals surface area (Å²) < 4.78 is 0. The van der Waals surface area contributed by atoms with Crippen molar-refractivity contribution in [2.45, 2.75) is 70.4 Å². The third-order valence-corrected chi connectivity index (χ3v) is 4.38. The molecule has 0 aromatic carbocycles. The normalized spacial score (nSPS) is 20.3. The molecule has 1 N–H and O–H groups in total. The van der Waals surface area contributed by atoms with Gasteiger partial charge in [-0.25, -0.2) is 0 Å². The largest absolute Gasteiger partial charge is 0.311 e. The molecule has 0 saturated heterocycles. The number of hydrogen-bond acceptors (Lipinski definition) is 2. The van der Waals surface area contributed by atoms with Gasteiger partial charge in [-0.15, -0.1) is 11.8 Å². The molecule has 0 heterocycles. The van der Waals surface area contributed by atoms with Crippen LogP contribution in [0.3, 0.4) is 0 Å². The highest BCUT2D eigenvalue weighted by atomic mass is 15.2. The lowest BCUT2D eigenvalue weighted by Crippen LogP contribution is -2.60. The van der Waals surface area contributed by atoms with Crippen LogP contribution in [0.5, 0.6) is 0 Å². The standard InChI is InChI=1S/C16H30N2/c1-5-7-11-15(17-14-6-2)16(18(3)4)12-9-8-10-13-16/h15,17H,6,8-14H2,1-4H3. The fraction of sp³-hybridized carbons (Fsp3) is 0.875. The van der Waals surface area contributed by atoms with E-state index in [-0.39, 0.29) is 0 Å². The van der Waals surface area contributed by atoms with Gasteiger partial charge in [0.15, 0.2) is 0 Å². The van der Waals surface area contributed by atoms with Crippen molar-refractivity contribution in [3.05, 3.63) is 0 Å². The van der Waals surface area contributed by atoms with E-state index in [1.165, 1.54) is 38.5 Å². The Kier molecular flexibility index (Phi) is 6.75. The second-order valence-corrected chi connectivity index (χ2v) is 5.70. The highest BCUT2D eigenvalue weighted by Gasteiger charge is 2.40. The van der Waals surface area contributed by atoms with Crippen molar-refractivity contribution in [1.29, 1.82) is 0 Å². The van der Waals surface area contributed by atoms with E-state index in [1.54, 1.807) is 0 Å². The van der Waals surface area contributed by atoms with E-state index in [0.29, 0.717) is 11.6 Å². The Morgan fingerprint density at radius 2 is 1.89 bits per heavy atom. The molecular weight excluding hydrogens is 220 g/mol. The molecule has 104 valence electrons. The van der Waals surface area contributed by atoms with Gasteiger partial charge in [0.05, 0.1) is 0 Å². The van der Waals surface area contributed by atoms with Gasteiger partial charge < -0.3 is 10.2 Å². The average Bonchev–Trinajstić information content (AvgIpc) is 2.39. The van der Waals surface area contributed by atoms with Crippen molar-refractivity contribution < 1.29 is 0 Å². The van der Waals surface area contributed by atoms with Gasteiger partial charge in [-0.1, -0.05) is 26.2 Å². The summed E-state index contributed by atoms with van der Waals surface area (Å²) in [4.78, 5) is 2.46. The minimum Gasteiger partial charge on any atom is -0.311 e. The third-order valence-electron chi connectivity index (χ3n) is 4.38. The van der Waals surface area contributed by atoms with Gasteiger partial charge >= 0.3 is 0 Å². The van der Waals surface area contributed by atoms with Gasteiger partial charge in [-0.3, -0.25) is 0 Å². The first kappa shape index (κ1) is 15.5. The molecule has 0 amide bonds. The highest BCUT2D eigenvalue weighted by Crippen LogP contribution is 2.36. The van der Waals surface area contributed by atoms with Crippen molar-refractivity contribution in [2.75, 3.05) is 20.6 Å². The number of hydrogen-bond donors (Lipinski definition) is 1. The summed E-state index contributed by atoms with van der Waals surface area (Å²) in [6.07, 6.45) is 8.92. The summed E-state index contributed by atoms with van der Waals surface area (Å²) in [7, 11) is 4.48. The van der Waals surface area contributed by atoms with E-state index >= 15 is 0 Å². The molecule has 0 spiro atoms. The molecule has 1 atom stereocenters. The van der Waals surface area contributed by atoms with Gasteiger partial charge in [-0.05, 0) is 46.8 Å².